The van der Waals surface area contributed by atoms with E-state index in [-0.39, 0.29) is 17.9 Å². The molecule has 0 aromatic carbocycles. The fourth-order valence-electron chi connectivity index (χ4n) is 1.92. The van der Waals surface area contributed by atoms with E-state index in [4.69, 9.17) is 5.11 Å². The molecule has 6 nitrogen and oxygen atoms in total. The molecule has 92 valence electrons. The average molecular weight is 229 g/mol. The fraction of sp³-hybridized carbons (Fsp3) is 0.800. The van der Waals surface area contributed by atoms with Crippen LogP contribution < -0.4 is 10.7 Å². The number of rotatable bonds is 5. The molecule has 0 atom stereocenters. The van der Waals surface area contributed by atoms with Crippen LogP contribution in [0.5, 0.6) is 0 Å². The van der Waals surface area contributed by atoms with Crippen molar-refractivity contribution in [1.29, 1.82) is 0 Å². The van der Waals surface area contributed by atoms with Crippen molar-refractivity contribution in [2.24, 2.45) is 5.41 Å². The summed E-state index contributed by atoms with van der Waals surface area (Å²) in [5.41, 5.74) is 2.33. The van der Waals surface area contributed by atoms with E-state index in [1.54, 1.807) is 19.1 Å². The minimum absolute atomic E-state index is 0.134. The van der Waals surface area contributed by atoms with Gasteiger partial charge in [-0.3, -0.25) is 10.2 Å². The summed E-state index contributed by atoms with van der Waals surface area (Å²) in [4.78, 5) is 22.0. The molecule has 0 radical (unpaired) electrons. The van der Waals surface area contributed by atoms with Crippen LogP contribution in [-0.2, 0) is 4.79 Å². The molecule has 0 aromatic rings. The van der Waals surface area contributed by atoms with Crippen LogP contribution in [-0.4, -0.2) is 42.8 Å². The van der Waals surface area contributed by atoms with Gasteiger partial charge in [-0.2, -0.15) is 0 Å². The summed E-state index contributed by atoms with van der Waals surface area (Å²) in [6.07, 6.45) is 2.93. The molecule has 0 bridgehead atoms. The van der Waals surface area contributed by atoms with Crippen LogP contribution in [0.15, 0.2) is 0 Å². The van der Waals surface area contributed by atoms with Crippen LogP contribution in [0, 0.1) is 5.41 Å². The van der Waals surface area contributed by atoms with Gasteiger partial charge in [-0.05, 0) is 18.3 Å². The van der Waals surface area contributed by atoms with Crippen LogP contribution in [0.4, 0.5) is 4.79 Å². The van der Waals surface area contributed by atoms with Gasteiger partial charge in [-0.1, -0.05) is 6.42 Å². The Labute approximate surface area is 95.0 Å². The lowest BCUT2D eigenvalue weighted by molar-refractivity contribution is -0.141. The molecule has 0 saturated heterocycles. The molecule has 0 spiro atoms. The van der Waals surface area contributed by atoms with Gasteiger partial charge in [0.15, 0.2) is 0 Å². The number of carboxylic acid groups (broad SMARTS) is 1. The number of hydrogen-bond acceptors (Lipinski definition) is 3. The van der Waals surface area contributed by atoms with E-state index in [1.807, 2.05) is 0 Å². The van der Waals surface area contributed by atoms with Crippen molar-refractivity contribution < 1.29 is 14.7 Å². The van der Waals surface area contributed by atoms with Crippen molar-refractivity contribution in [3.63, 3.8) is 0 Å². The Balaban J connectivity index is 2.34. The molecule has 1 saturated carbocycles. The number of aliphatic carboxylic acids is 1. The summed E-state index contributed by atoms with van der Waals surface area (Å²) in [6.45, 7) is 0.430. The van der Waals surface area contributed by atoms with E-state index in [1.165, 1.54) is 0 Å². The molecule has 0 heterocycles. The maximum absolute atomic E-state index is 11.3. The second-order valence-corrected chi connectivity index (χ2v) is 4.61. The number of urea groups is 1. The molecular weight excluding hydrogens is 210 g/mol. The summed E-state index contributed by atoms with van der Waals surface area (Å²) < 4.78 is 0. The van der Waals surface area contributed by atoms with Gasteiger partial charge in [0.05, 0.1) is 6.42 Å². The van der Waals surface area contributed by atoms with E-state index in [2.05, 4.69) is 10.7 Å². The van der Waals surface area contributed by atoms with E-state index >= 15 is 0 Å². The van der Waals surface area contributed by atoms with Gasteiger partial charge >= 0.3 is 12.0 Å². The molecule has 1 rings (SSSR count). The first-order chi connectivity index (χ1) is 7.43. The van der Waals surface area contributed by atoms with E-state index in [9.17, 15) is 9.59 Å². The largest absolute Gasteiger partial charge is 0.481 e. The van der Waals surface area contributed by atoms with Gasteiger partial charge in [0.2, 0.25) is 0 Å². The summed E-state index contributed by atoms with van der Waals surface area (Å²) >= 11 is 0. The second-order valence-electron chi connectivity index (χ2n) is 4.61. The van der Waals surface area contributed by atoms with E-state index < -0.39 is 5.97 Å². The van der Waals surface area contributed by atoms with Crippen molar-refractivity contribution in [3.8, 4) is 0 Å². The van der Waals surface area contributed by atoms with Gasteiger partial charge in [0, 0.05) is 20.6 Å². The monoisotopic (exact) mass is 229 g/mol. The molecule has 2 amide bonds. The summed E-state index contributed by atoms with van der Waals surface area (Å²) in [7, 11) is 3.44. The van der Waals surface area contributed by atoms with Crippen LogP contribution in [0.3, 0.4) is 0 Å². The minimum atomic E-state index is -0.797. The maximum atomic E-state index is 11.3. The Bertz CT molecular complexity index is 274. The van der Waals surface area contributed by atoms with Gasteiger partial charge in [0.25, 0.3) is 0 Å². The predicted molar refractivity (Wildman–Crippen MR) is 58.8 cm³/mol. The number of hydrazine groups is 1. The normalized spacial score (nSPS) is 17.7. The fourth-order valence-corrected chi connectivity index (χ4v) is 1.92. The maximum Gasteiger partial charge on any atom is 0.329 e. The Kier molecular flexibility index (Phi) is 4.12. The third-order valence-corrected chi connectivity index (χ3v) is 2.89. The highest BCUT2D eigenvalue weighted by atomic mass is 16.4. The second kappa shape index (κ2) is 5.16. The molecule has 3 N–H and O–H groups in total. The third kappa shape index (κ3) is 3.69. The van der Waals surface area contributed by atoms with Crippen molar-refractivity contribution >= 4 is 12.0 Å². The molecule has 0 aliphatic heterocycles. The topological polar surface area (TPSA) is 81.7 Å². The molecule has 0 unspecified atom stereocenters. The molecule has 1 aliphatic rings. The number of nitrogens with one attached hydrogen (secondary N) is 2. The number of carbonyl (C=O) groups excluding carboxylic acids is 1. The molecule has 1 fully saturated rings. The predicted octanol–water partition coefficient (Wildman–Crippen LogP) is 0.407. The molecule has 0 aromatic heterocycles. The SMILES string of the molecule is CN(C)NC(=O)NCC1(CC(=O)O)CCC1. The van der Waals surface area contributed by atoms with Crippen molar-refractivity contribution in [2.75, 3.05) is 20.6 Å². The number of carboxylic acids is 1. The quantitative estimate of drug-likeness (QED) is 0.596. The number of carbonyl (C=O) groups is 2. The summed E-state index contributed by atoms with van der Waals surface area (Å²) in [6, 6.07) is -0.290. The third-order valence-electron chi connectivity index (χ3n) is 2.89. The molecule has 1 aliphatic carbocycles. The highest BCUT2D eigenvalue weighted by Crippen LogP contribution is 2.43. The first-order valence-electron chi connectivity index (χ1n) is 5.37. The zero-order valence-electron chi connectivity index (χ0n) is 9.75. The standard InChI is InChI=1S/C10H19N3O3/c1-13(2)12-9(16)11-7-10(4-3-5-10)6-8(14)15/h3-7H2,1-2H3,(H,14,15)(H2,11,12,16). The van der Waals surface area contributed by atoms with E-state index in [0.717, 1.165) is 19.3 Å². The first-order valence-corrected chi connectivity index (χ1v) is 5.37. The minimum Gasteiger partial charge on any atom is -0.481 e. The van der Waals surface area contributed by atoms with Gasteiger partial charge < -0.3 is 10.4 Å². The number of amides is 2. The van der Waals surface area contributed by atoms with Crippen LogP contribution >= 0.6 is 0 Å². The average Bonchev–Trinajstić information content (AvgIpc) is 2.07. The highest BCUT2D eigenvalue weighted by Gasteiger charge is 2.39. The zero-order chi connectivity index (χ0) is 12.2. The Morgan fingerprint density at radius 1 is 1.38 bits per heavy atom. The van der Waals surface area contributed by atoms with Crippen molar-refractivity contribution in [3.05, 3.63) is 0 Å². The van der Waals surface area contributed by atoms with E-state index in [0.29, 0.717) is 6.54 Å². The zero-order valence-corrected chi connectivity index (χ0v) is 9.75. The van der Waals surface area contributed by atoms with Crippen molar-refractivity contribution in [1.82, 2.24) is 15.8 Å². The smallest absolute Gasteiger partial charge is 0.329 e. The Hall–Kier alpha value is -1.30. The highest BCUT2D eigenvalue weighted by molar-refractivity contribution is 5.73. The van der Waals surface area contributed by atoms with Gasteiger partial charge in [-0.15, -0.1) is 0 Å². The first kappa shape index (κ1) is 12.8. The lowest BCUT2D eigenvalue weighted by Crippen LogP contribution is -2.49. The summed E-state index contributed by atoms with van der Waals surface area (Å²) in [5.74, 6) is -0.797. The summed E-state index contributed by atoms with van der Waals surface area (Å²) in [5, 5.41) is 13.0. The lowest BCUT2D eigenvalue weighted by Gasteiger charge is -2.40. The molecule has 16 heavy (non-hydrogen) atoms. The van der Waals surface area contributed by atoms with Crippen molar-refractivity contribution in [2.45, 2.75) is 25.7 Å². The van der Waals surface area contributed by atoms with Crippen LogP contribution in [0.25, 0.3) is 0 Å². The Morgan fingerprint density at radius 2 is 2.00 bits per heavy atom. The lowest BCUT2D eigenvalue weighted by atomic mass is 9.66. The molecular formula is C10H19N3O3. The molecule has 6 heteroatoms. The van der Waals surface area contributed by atoms with Gasteiger partial charge in [0.1, 0.15) is 0 Å². The van der Waals surface area contributed by atoms with Gasteiger partial charge in [-0.25, -0.2) is 9.80 Å². The Morgan fingerprint density at radius 3 is 2.38 bits per heavy atom. The van der Waals surface area contributed by atoms with Crippen LogP contribution in [0.2, 0.25) is 0 Å². The number of nitrogens with zero attached hydrogens (tertiary/aromatic N) is 1. The number of hydrogen-bond donors (Lipinski definition) is 3. The van der Waals surface area contributed by atoms with Crippen LogP contribution in [0.1, 0.15) is 25.7 Å².